The van der Waals surface area contributed by atoms with Crippen LogP contribution in [0.1, 0.15) is 18.9 Å². The molecule has 0 saturated carbocycles. The molecule has 0 radical (unpaired) electrons. The molecule has 6 heteroatoms. The van der Waals surface area contributed by atoms with E-state index in [9.17, 15) is 8.78 Å². The molecule has 0 aliphatic rings. The zero-order valence-corrected chi connectivity index (χ0v) is 15.0. The highest BCUT2D eigenvalue weighted by Gasteiger charge is 2.07. The molecule has 0 aliphatic heterocycles. The molecule has 0 saturated heterocycles. The van der Waals surface area contributed by atoms with Crippen molar-refractivity contribution in [3.63, 3.8) is 0 Å². The van der Waals surface area contributed by atoms with E-state index >= 15 is 0 Å². The molecule has 0 spiro atoms. The highest BCUT2D eigenvalue weighted by atomic mass is 32.2. The summed E-state index contributed by atoms with van der Waals surface area (Å²) in [5.74, 6) is -2.41. The standard InChI is InChI=1S/C18H20F2N2S2/c1-13(7-8-14-5-3-2-4-6-14)21-18(23)22-15-9-11-16(12-10-15)24-17(19)20/h2-6,9-13,17H,7-8H2,1H3,(H2,21,22,23)/t13-/m0/s1. The summed E-state index contributed by atoms with van der Waals surface area (Å²) < 4.78 is 24.6. The summed E-state index contributed by atoms with van der Waals surface area (Å²) in [5.41, 5.74) is 2.08. The van der Waals surface area contributed by atoms with Gasteiger partial charge in [0.05, 0.1) is 0 Å². The van der Waals surface area contributed by atoms with Crippen molar-refractivity contribution in [2.24, 2.45) is 0 Å². The fraction of sp³-hybridized carbons (Fsp3) is 0.278. The average Bonchev–Trinajstić information content (AvgIpc) is 2.55. The maximum absolute atomic E-state index is 12.3. The highest BCUT2D eigenvalue weighted by Crippen LogP contribution is 2.26. The van der Waals surface area contributed by atoms with E-state index in [0.717, 1.165) is 18.5 Å². The summed E-state index contributed by atoms with van der Waals surface area (Å²) in [5, 5.41) is 6.85. The number of anilines is 1. The van der Waals surface area contributed by atoms with Crippen molar-refractivity contribution >= 4 is 34.8 Å². The van der Waals surface area contributed by atoms with Gasteiger partial charge in [0.1, 0.15) is 0 Å². The minimum atomic E-state index is -2.41. The van der Waals surface area contributed by atoms with E-state index < -0.39 is 5.76 Å². The summed E-state index contributed by atoms with van der Waals surface area (Å²) in [6, 6.07) is 17.3. The van der Waals surface area contributed by atoms with Gasteiger partial charge in [-0.05, 0) is 61.8 Å². The molecule has 2 N–H and O–H groups in total. The minimum Gasteiger partial charge on any atom is -0.360 e. The Labute approximate surface area is 151 Å². The summed E-state index contributed by atoms with van der Waals surface area (Å²) in [6.45, 7) is 2.08. The molecule has 2 aromatic carbocycles. The molecule has 24 heavy (non-hydrogen) atoms. The van der Waals surface area contributed by atoms with Crippen LogP contribution in [0.5, 0.6) is 0 Å². The van der Waals surface area contributed by atoms with Gasteiger partial charge in [0.15, 0.2) is 5.11 Å². The van der Waals surface area contributed by atoms with Gasteiger partial charge in [-0.1, -0.05) is 42.1 Å². The van der Waals surface area contributed by atoms with E-state index in [1.54, 1.807) is 24.3 Å². The van der Waals surface area contributed by atoms with E-state index in [-0.39, 0.29) is 6.04 Å². The topological polar surface area (TPSA) is 24.1 Å². The van der Waals surface area contributed by atoms with Crippen LogP contribution in [0.15, 0.2) is 59.5 Å². The van der Waals surface area contributed by atoms with Crippen molar-refractivity contribution in [2.45, 2.75) is 36.5 Å². The Morgan fingerprint density at radius 2 is 1.75 bits per heavy atom. The lowest BCUT2D eigenvalue weighted by Crippen LogP contribution is -2.36. The largest absolute Gasteiger partial charge is 0.360 e. The molecule has 0 amide bonds. The maximum atomic E-state index is 12.3. The Hall–Kier alpha value is -1.66. The van der Waals surface area contributed by atoms with Crippen LogP contribution in [0, 0.1) is 0 Å². The van der Waals surface area contributed by atoms with Crippen molar-refractivity contribution in [1.82, 2.24) is 5.32 Å². The highest BCUT2D eigenvalue weighted by molar-refractivity contribution is 7.99. The zero-order chi connectivity index (χ0) is 17.4. The van der Waals surface area contributed by atoms with Crippen LogP contribution in [0.3, 0.4) is 0 Å². The molecule has 2 rings (SSSR count). The molecule has 0 heterocycles. The Morgan fingerprint density at radius 3 is 2.38 bits per heavy atom. The number of benzene rings is 2. The number of halogens is 2. The second-order valence-corrected chi connectivity index (χ2v) is 6.90. The molecular formula is C18H20F2N2S2. The third-order valence-corrected chi connectivity index (χ3v) is 4.37. The Bertz CT molecular complexity index is 633. The molecule has 2 aromatic rings. The number of aryl methyl sites for hydroxylation is 1. The maximum Gasteiger partial charge on any atom is 0.288 e. The molecule has 0 aliphatic carbocycles. The van der Waals surface area contributed by atoms with Crippen LogP contribution in [-0.2, 0) is 6.42 Å². The molecule has 0 bridgehead atoms. The third kappa shape index (κ3) is 6.84. The van der Waals surface area contributed by atoms with Gasteiger partial charge in [0, 0.05) is 16.6 Å². The second kappa shape index (κ2) is 9.59. The van der Waals surface area contributed by atoms with E-state index in [0.29, 0.717) is 21.8 Å². The fourth-order valence-electron chi connectivity index (χ4n) is 2.21. The van der Waals surface area contributed by atoms with Crippen LogP contribution < -0.4 is 10.6 Å². The van der Waals surface area contributed by atoms with Crippen LogP contribution >= 0.6 is 24.0 Å². The first kappa shape index (κ1) is 18.7. The van der Waals surface area contributed by atoms with E-state index in [4.69, 9.17) is 12.2 Å². The lowest BCUT2D eigenvalue weighted by Gasteiger charge is -2.17. The number of thiocarbonyl (C=S) groups is 1. The summed E-state index contributed by atoms with van der Waals surface area (Å²) in [6.07, 6.45) is 1.95. The molecule has 128 valence electrons. The van der Waals surface area contributed by atoms with Crippen molar-refractivity contribution in [3.05, 3.63) is 60.2 Å². The van der Waals surface area contributed by atoms with Gasteiger partial charge in [0.2, 0.25) is 0 Å². The van der Waals surface area contributed by atoms with Gasteiger partial charge in [-0.2, -0.15) is 8.78 Å². The third-order valence-electron chi connectivity index (χ3n) is 3.42. The molecule has 0 unspecified atom stereocenters. The van der Waals surface area contributed by atoms with Crippen LogP contribution in [0.25, 0.3) is 0 Å². The first-order valence-electron chi connectivity index (χ1n) is 7.69. The Morgan fingerprint density at radius 1 is 1.08 bits per heavy atom. The monoisotopic (exact) mass is 366 g/mol. The number of rotatable bonds is 7. The quantitative estimate of drug-likeness (QED) is 0.512. The first-order chi connectivity index (χ1) is 11.5. The summed E-state index contributed by atoms with van der Waals surface area (Å²) in [4.78, 5) is 0.533. The second-order valence-electron chi connectivity index (χ2n) is 5.43. The lowest BCUT2D eigenvalue weighted by molar-refractivity contribution is 0.252. The van der Waals surface area contributed by atoms with Gasteiger partial charge in [0.25, 0.3) is 5.76 Å². The Kier molecular flexibility index (Phi) is 7.46. The molecule has 2 nitrogen and oxygen atoms in total. The lowest BCUT2D eigenvalue weighted by atomic mass is 10.1. The number of hydrogen-bond donors (Lipinski definition) is 2. The average molecular weight is 367 g/mol. The van der Waals surface area contributed by atoms with Crippen molar-refractivity contribution < 1.29 is 8.78 Å². The Balaban J connectivity index is 1.75. The van der Waals surface area contributed by atoms with E-state index in [1.165, 1.54) is 5.56 Å². The van der Waals surface area contributed by atoms with E-state index in [2.05, 4.69) is 29.7 Å². The van der Waals surface area contributed by atoms with Crippen molar-refractivity contribution in [1.29, 1.82) is 0 Å². The van der Waals surface area contributed by atoms with Gasteiger partial charge in [-0.3, -0.25) is 0 Å². The molecular weight excluding hydrogens is 346 g/mol. The number of thioether (sulfide) groups is 1. The zero-order valence-electron chi connectivity index (χ0n) is 13.3. The number of hydrogen-bond acceptors (Lipinski definition) is 2. The predicted octanol–water partition coefficient (Wildman–Crippen LogP) is 5.31. The predicted molar refractivity (Wildman–Crippen MR) is 102 cm³/mol. The van der Waals surface area contributed by atoms with Crippen molar-refractivity contribution in [3.8, 4) is 0 Å². The molecule has 0 aromatic heterocycles. The minimum absolute atomic E-state index is 0.235. The molecule has 0 fully saturated rings. The fourth-order valence-corrected chi connectivity index (χ4v) is 3.03. The normalized spacial score (nSPS) is 12.0. The van der Waals surface area contributed by atoms with Crippen LogP contribution in [0.2, 0.25) is 0 Å². The van der Waals surface area contributed by atoms with Gasteiger partial charge in [-0.25, -0.2) is 0 Å². The molecule has 1 atom stereocenters. The number of alkyl halides is 2. The smallest absolute Gasteiger partial charge is 0.288 e. The van der Waals surface area contributed by atoms with Crippen molar-refractivity contribution in [2.75, 3.05) is 5.32 Å². The van der Waals surface area contributed by atoms with Gasteiger partial charge >= 0.3 is 0 Å². The van der Waals surface area contributed by atoms with Gasteiger partial charge < -0.3 is 10.6 Å². The van der Waals surface area contributed by atoms with Gasteiger partial charge in [-0.15, -0.1) is 0 Å². The van der Waals surface area contributed by atoms with Crippen LogP contribution in [0.4, 0.5) is 14.5 Å². The van der Waals surface area contributed by atoms with Crippen LogP contribution in [-0.4, -0.2) is 16.9 Å². The van der Waals surface area contributed by atoms with E-state index in [1.807, 2.05) is 18.2 Å². The number of nitrogens with one attached hydrogen (secondary N) is 2. The first-order valence-corrected chi connectivity index (χ1v) is 8.98. The summed E-state index contributed by atoms with van der Waals surface area (Å²) in [7, 11) is 0. The summed E-state index contributed by atoms with van der Waals surface area (Å²) >= 11 is 5.83. The SMILES string of the molecule is C[C@@H](CCc1ccccc1)NC(=S)Nc1ccc(SC(F)F)cc1.